The molecule has 2 rings (SSSR count). The Morgan fingerprint density at radius 3 is 2.82 bits per heavy atom. The molecule has 0 aliphatic heterocycles. The van der Waals surface area contributed by atoms with Crippen molar-refractivity contribution in [2.75, 3.05) is 0 Å². The summed E-state index contributed by atoms with van der Waals surface area (Å²) in [6.07, 6.45) is 2.55. The molecule has 0 amide bonds. The van der Waals surface area contributed by atoms with Crippen molar-refractivity contribution in [3.05, 3.63) is 41.7 Å². The summed E-state index contributed by atoms with van der Waals surface area (Å²) in [6, 6.07) is 3.25. The van der Waals surface area contributed by atoms with E-state index in [0.717, 1.165) is 30.3 Å². The van der Waals surface area contributed by atoms with Crippen molar-refractivity contribution in [3.63, 3.8) is 0 Å². The van der Waals surface area contributed by atoms with Crippen molar-refractivity contribution in [3.8, 4) is 5.69 Å². The van der Waals surface area contributed by atoms with Gasteiger partial charge in [0.15, 0.2) is 0 Å². The second-order valence-corrected chi connectivity index (χ2v) is 3.99. The van der Waals surface area contributed by atoms with Gasteiger partial charge in [0, 0.05) is 12.0 Å². The van der Waals surface area contributed by atoms with Crippen molar-refractivity contribution in [2.24, 2.45) is 0 Å². The van der Waals surface area contributed by atoms with Crippen LogP contribution in [-0.2, 0) is 0 Å². The predicted molar refractivity (Wildman–Crippen MR) is 60.0 cm³/mol. The zero-order valence-electron chi connectivity index (χ0n) is 9.69. The van der Waals surface area contributed by atoms with Crippen molar-refractivity contribution in [2.45, 2.75) is 26.2 Å². The third-order valence-corrected chi connectivity index (χ3v) is 2.78. The molecule has 3 nitrogen and oxygen atoms in total. The maximum absolute atomic E-state index is 13.5. The van der Waals surface area contributed by atoms with Gasteiger partial charge in [0.25, 0.3) is 0 Å². The van der Waals surface area contributed by atoms with Crippen LogP contribution in [0.4, 0.5) is 8.78 Å². The first-order valence-electron chi connectivity index (χ1n) is 5.49. The van der Waals surface area contributed by atoms with Crippen LogP contribution in [0.5, 0.6) is 0 Å². The molecule has 0 bridgehead atoms. The summed E-state index contributed by atoms with van der Waals surface area (Å²) in [5, 5.41) is 7.78. The van der Waals surface area contributed by atoms with Gasteiger partial charge in [-0.3, -0.25) is 0 Å². The maximum Gasteiger partial charge on any atom is 0.149 e. The van der Waals surface area contributed by atoms with Gasteiger partial charge in [0.1, 0.15) is 17.3 Å². The van der Waals surface area contributed by atoms with Crippen LogP contribution in [0.2, 0.25) is 0 Å². The summed E-state index contributed by atoms with van der Waals surface area (Å²) in [7, 11) is 0. The van der Waals surface area contributed by atoms with Crippen LogP contribution in [0.15, 0.2) is 24.4 Å². The highest BCUT2D eigenvalue weighted by Crippen LogP contribution is 2.18. The van der Waals surface area contributed by atoms with E-state index in [-0.39, 0.29) is 11.6 Å². The Morgan fingerprint density at radius 2 is 2.12 bits per heavy atom. The van der Waals surface area contributed by atoms with E-state index in [1.807, 2.05) is 13.8 Å². The molecule has 0 saturated carbocycles. The normalized spacial score (nSPS) is 12.7. The van der Waals surface area contributed by atoms with Crippen molar-refractivity contribution in [1.29, 1.82) is 0 Å². The van der Waals surface area contributed by atoms with Crippen molar-refractivity contribution >= 4 is 0 Å². The van der Waals surface area contributed by atoms with Crippen LogP contribution in [-0.4, -0.2) is 15.0 Å². The molecule has 17 heavy (non-hydrogen) atoms. The average molecular weight is 237 g/mol. The number of nitrogens with zero attached hydrogens (tertiary/aromatic N) is 3. The average Bonchev–Trinajstić information content (AvgIpc) is 2.80. The summed E-state index contributed by atoms with van der Waals surface area (Å²) in [5.41, 5.74) is 0.850. The molecule has 2 aromatic rings. The molecular formula is C12H13F2N3. The van der Waals surface area contributed by atoms with Gasteiger partial charge in [0.2, 0.25) is 0 Å². The first-order chi connectivity index (χ1) is 8.11. The van der Waals surface area contributed by atoms with E-state index in [1.54, 1.807) is 6.20 Å². The second kappa shape index (κ2) is 4.61. The number of halogens is 2. The van der Waals surface area contributed by atoms with E-state index in [2.05, 4.69) is 10.3 Å². The second-order valence-electron chi connectivity index (χ2n) is 3.99. The van der Waals surface area contributed by atoms with Crippen molar-refractivity contribution < 1.29 is 8.78 Å². The van der Waals surface area contributed by atoms with Crippen LogP contribution in [0.3, 0.4) is 0 Å². The Morgan fingerprint density at radius 1 is 1.35 bits per heavy atom. The van der Waals surface area contributed by atoms with Gasteiger partial charge in [-0.05, 0) is 18.6 Å². The lowest BCUT2D eigenvalue weighted by Gasteiger charge is -2.03. The molecule has 1 atom stereocenters. The quantitative estimate of drug-likeness (QED) is 0.821. The minimum absolute atomic E-state index is 0.0760. The van der Waals surface area contributed by atoms with Crippen LogP contribution < -0.4 is 0 Å². The van der Waals surface area contributed by atoms with Crippen LogP contribution >= 0.6 is 0 Å². The Hall–Kier alpha value is -1.78. The first-order valence-corrected chi connectivity index (χ1v) is 5.49. The predicted octanol–water partition coefficient (Wildman–Crippen LogP) is 3.06. The van der Waals surface area contributed by atoms with E-state index in [0.29, 0.717) is 0 Å². The SMILES string of the molecule is CCC(C)c1cn(-c2cc(F)ccc2F)nn1. The first kappa shape index (κ1) is 11.7. The summed E-state index contributed by atoms with van der Waals surface area (Å²) >= 11 is 0. The lowest BCUT2D eigenvalue weighted by atomic mass is 10.1. The Bertz CT molecular complexity index is 522. The molecule has 0 aliphatic rings. The van der Waals surface area contributed by atoms with E-state index < -0.39 is 11.6 Å². The minimum Gasteiger partial charge on any atom is -0.217 e. The van der Waals surface area contributed by atoms with Gasteiger partial charge < -0.3 is 0 Å². The molecule has 0 fully saturated rings. The Labute approximate surface area is 98.1 Å². The molecule has 1 unspecified atom stereocenters. The molecule has 90 valence electrons. The zero-order valence-corrected chi connectivity index (χ0v) is 9.69. The lowest BCUT2D eigenvalue weighted by Crippen LogP contribution is -1.99. The molecule has 5 heteroatoms. The van der Waals surface area contributed by atoms with Crippen LogP contribution in [0.1, 0.15) is 31.9 Å². The number of hydrogen-bond acceptors (Lipinski definition) is 2. The van der Waals surface area contributed by atoms with Gasteiger partial charge in [-0.1, -0.05) is 19.1 Å². The molecule has 1 aromatic carbocycles. The molecule has 0 aliphatic carbocycles. The third-order valence-electron chi connectivity index (χ3n) is 2.78. The molecular weight excluding hydrogens is 224 g/mol. The van der Waals surface area contributed by atoms with Gasteiger partial charge in [-0.15, -0.1) is 5.10 Å². The van der Waals surface area contributed by atoms with Crippen LogP contribution in [0.25, 0.3) is 5.69 Å². The van der Waals surface area contributed by atoms with E-state index in [4.69, 9.17) is 0 Å². The lowest BCUT2D eigenvalue weighted by molar-refractivity contribution is 0.584. The third kappa shape index (κ3) is 2.33. The monoisotopic (exact) mass is 237 g/mol. The van der Waals surface area contributed by atoms with E-state index in [9.17, 15) is 8.78 Å². The molecule has 0 radical (unpaired) electrons. The zero-order chi connectivity index (χ0) is 12.4. The highest BCUT2D eigenvalue weighted by atomic mass is 19.1. The smallest absolute Gasteiger partial charge is 0.149 e. The fourth-order valence-electron chi connectivity index (χ4n) is 1.49. The number of benzene rings is 1. The van der Waals surface area contributed by atoms with E-state index >= 15 is 0 Å². The van der Waals surface area contributed by atoms with Gasteiger partial charge in [0.05, 0.1) is 11.9 Å². The summed E-state index contributed by atoms with van der Waals surface area (Å²) in [4.78, 5) is 0. The largest absolute Gasteiger partial charge is 0.217 e. The number of aromatic nitrogens is 3. The standard InChI is InChI=1S/C12H13F2N3/c1-3-8(2)11-7-17(16-15-11)12-6-9(13)4-5-10(12)14/h4-8H,3H2,1-2H3. The fraction of sp³-hybridized carbons (Fsp3) is 0.333. The molecule has 0 spiro atoms. The fourth-order valence-corrected chi connectivity index (χ4v) is 1.49. The molecule has 1 heterocycles. The van der Waals surface area contributed by atoms with Gasteiger partial charge >= 0.3 is 0 Å². The van der Waals surface area contributed by atoms with E-state index in [1.165, 1.54) is 4.68 Å². The Kier molecular flexibility index (Phi) is 3.17. The molecule has 0 saturated heterocycles. The van der Waals surface area contributed by atoms with Crippen molar-refractivity contribution in [1.82, 2.24) is 15.0 Å². The topological polar surface area (TPSA) is 30.7 Å². The highest BCUT2D eigenvalue weighted by molar-refractivity contribution is 5.33. The number of hydrogen-bond donors (Lipinski definition) is 0. The minimum atomic E-state index is -0.521. The summed E-state index contributed by atoms with van der Waals surface area (Å²) in [5.74, 6) is -0.769. The molecule has 0 N–H and O–H groups in total. The maximum atomic E-state index is 13.5. The highest BCUT2D eigenvalue weighted by Gasteiger charge is 2.12. The molecule has 1 aromatic heterocycles. The summed E-state index contributed by atoms with van der Waals surface area (Å²) < 4.78 is 27.8. The van der Waals surface area contributed by atoms with Crippen LogP contribution in [0, 0.1) is 11.6 Å². The summed E-state index contributed by atoms with van der Waals surface area (Å²) in [6.45, 7) is 4.04. The van der Waals surface area contributed by atoms with Gasteiger partial charge in [-0.2, -0.15) is 0 Å². The van der Waals surface area contributed by atoms with Gasteiger partial charge in [-0.25, -0.2) is 13.5 Å². The number of rotatable bonds is 3. The Balaban J connectivity index is 2.40.